The minimum Gasteiger partial charge on any atom is -0.487 e. The van der Waals surface area contributed by atoms with Crippen LogP contribution in [-0.2, 0) is 16.1 Å². The Balaban J connectivity index is 1.95. The number of carbonyl (C=O) groups excluding carboxylic acids is 2. The maximum absolute atomic E-state index is 13.9. The first-order valence-corrected chi connectivity index (χ1v) is 12.3. The molecule has 10 heteroatoms. The lowest BCUT2D eigenvalue weighted by Crippen LogP contribution is -2.50. The lowest BCUT2D eigenvalue weighted by atomic mass is 9.85. The molecule has 0 fully saturated rings. The fraction of sp³-hybridized carbons (Fsp3) is 0.286. The van der Waals surface area contributed by atoms with Crippen LogP contribution in [0.2, 0.25) is 0 Å². The van der Waals surface area contributed by atoms with E-state index in [1.807, 2.05) is 0 Å². The number of alkyl halides is 3. The van der Waals surface area contributed by atoms with Crippen LogP contribution >= 0.6 is 11.8 Å². The normalized spacial score (nSPS) is 12.5. The fourth-order valence-electron chi connectivity index (χ4n) is 3.60. The molecule has 3 rings (SSSR count). The van der Waals surface area contributed by atoms with E-state index in [1.54, 1.807) is 20.8 Å². The number of hydrogen-bond donors (Lipinski definition) is 1. The molecule has 0 aliphatic carbocycles. The van der Waals surface area contributed by atoms with Gasteiger partial charge in [-0.1, -0.05) is 24.1 Å². The van der Waals surface area contributed by atoms with Crippen LogP contribution in [0.25, 0.3) is 10.8 Å². The van der Waals surface area contributed by atoms with Gasteiger partial charge in [-0.15, -0.1) is 6.42 Å². The number of ether oxygens (including phenoxy) is 2. The molecule has 0 saturated carbocycles. The highest BCUT2D eigenvalue weighted by atomic mass is 32.2. The summed E-state index contributed by atoms with van der Waals surface area (Å²) >= 11 is -0.232. The van der Waals surface area contributed by atoms with Gasteiger partial charge in [-0.05, 0) is 79.9 Å². The number of benzene rings is 3. The van der Waals surface area contributed by atoms with Gasteiger partial charge < -0.3 is 14.8 Å². The first-order chi connectivity index (χ1) is 17.8. The predicted molar refractivity (Wildman–Crippen MR) is 137 cm³/mol. The Bertz CT molecular complexity index is 1360. The molecule has 5 nitrogen and oxygen atoms in total. The number of terminal acetylenes is 1. The summed E-state index contributed by atoms with van der Waals surface area (Å²) < 4.78 is 62.8. The van der Waals surface area contributed by atoms with Crippen molar-refractivity contribution in [1.29, 1.82) is 0 Å². The second-order valence-electron chi connectivity index (χ2n) is 8.81. The summed E-state index contributed by atoms with van der Waals surface area (Å²) in [7, 11) is 0. The summed E-state index contributed by atoms with van der Waals surface area (Å²) in [6.45, 7) is 4.84. The maximum atomic E-state index is 13.9. The minimum absolute atomic E-state index is 0.0167. The molecule has 200 valence electrons. The Labute approximate surface area is 221 Å². The molecule has 1 amide bonds. The molecule has 3 aromatic rings. The third-order valence-corrected chi connectivity index (χ3v) is 6.35. The van der Waals surface area contributed by atoms with Crippen LogP contribution in [0.1, 0.15) is 36.7 Å². The summed E-state index contributed by atoms with van der Waals surface area (Å²) in [5, 5.41) is 3.51. The lowest BCUT2D eigenvalue weighted by molar-refractivity contribution is -0.147. The van der Waals surface area contributed by atoms with E-state index in [2.05, 4.69) is 11.2 Å². The Morgan fingerprint density at radius 2 is 1.76 bits per heavy atom. The van der Waals surface area contributed by atoms with Crippen molar-refractivity contribution in [3.05, 3.63) is 71.5 Å². The van der Waals surface area contributed by atoms with E-state index in [1.165, 1.54) is 54.6 Å². The molecule has 0 saturated heterocycles. The van der Waals surface area contributed by atoms with Crippen molar-refractivity contribution in [2.45, 2.75) is 43.8 Å². The van der Waals surface area contributed by atoms with Crippen LogP contribution in [0, 0.1) is 23.6 Å². The third-order valence-electron chi connectivity index (χ3n) is 5.61. The Morgan fingerprint density at radius 1 is 1.08 bits per heavy atom. The highest BCUT2D eigenvalue weighted by Crippen LogP contribution is 2.37. The summed E-state index contributed by atoms with van der Waals surface area (Å²) in [5.41, 5.74) is -4.90. The van der Waals surface area contributed by atoms with Crippen molar-refractivity contribution in [1.82, 2.24) is 5.32 Å². The highest BCUT2D eigenvalue weighted by molar-refractivity contribution is 8.00. The second kappa shape index (κ2) is 11.8. The number of hydrogen-bond acceptors (Lipinski definition) is 5. The smallest absolute Gasteiger partial charge is 0.446 e. The van der Waals surface area contributed by atoms with Gasteiger partial charge in [0.15, 0.2) is 0 Å². The van der Waals surface area contributed by atoms with Gasteiger partial charge in [0.05, 0.1) is 17.6 Å². The largest absolute Gasteiger partial charge is 0.487 e. The Kier molecular flexibility index (Phi) is 8.94. The molecule has 1 N–H and O–H groups in total. The molecule has 0 spiro atoms. The monoisotopic (exact) mass is 547 g/mol. The summed E-state index contributed by atoms with van der Waals surface area (Å²) in [5.74, 6) is 0.731. The van der Waals surface area contributed by atoms with E-state index in [-0.39, 0.29) is 41.2 Å². The van der Waals surface area contributed by atoms with Crippen molar-refractivity contribution in [3.8, 4) is 18.1 Å². The summed E-state index contributed by atoms with van der Waals surface area (Å²) in [6.07, 6.45) is 5.60. The van der Waals surface area contributed by atoms with Crippen molar-refractivity contribution in [2.24, 2.45) is 5.41 Å². The van der Waals surface area contributed by atoms with E-state index in [9.17, 15) is 27.2 Å². The fourth-order valence-corrected chi connectivity index (χ4v) is 4.14. The van der Waals surface area contributed by atoms with E-state index in [0.29, 0.717) is 16.3 Å². The molecule has 0 aliphatic rings. The first-order valence-electron chi connectivity index (χ1n) is 11.5. The van der Waals surface area contributed by atoms with Crippen molar-refractivity contribution in [3.63, 3.8) is 0 Å². The topological polar surface area (TPSA) is 64.6 Å². The van der Waals surface area contributed by atoms with Crippen LogP contribution in [0.5, 0.6) is 5.75 Å². The molecule has 3 aromatic carbocycles. The average molecular weight is 548 g/mol. The van der Waals surface area contributed by atoms with Gasteiger partial charge in [-0.3, -0.25) is 4.79 Å². The van der Waals surface area contributed by atoms with Crippen LogP contribution in [0.4, 0.5) is 17.6 Å². The number of amides is 1. The number of fused-ring (bicyclic) bond motifs is 1. The van der Waals surface area contributed by atoms with E-state index in [4.69, 9.17) is 15.9 Å². The average Bonchev–Trinajstić information content (AvgIpc) is 2.85. The number of rotatable bonds is 9. The molecular weight excluding hydrogens is 522 g/mol. The SMILES string of the molecule is C#CC(C)(C)C(NC(=O)c1ccc2cc(F)ccc2c1OCc1ccc(SC(F)(F)F)cc1)C(=O)OCC. The summed E-state index contributed by atoms with van der Waals surface area (Å²) in [4.78, 5) is 26.0. The molecule has 0 radical (unpaired) electrons. The standard InChI is InChI=1S/C28H25F4NO4S/c1-5-27(3,4)24(26(35)36-6-2)33-25(34)22-13-9-18-15-19(29)10-14-21(18)23(22)37-16-17-7-11-20(12-8-17)38-28(30,31)32/h1,7-15,24H,6,16H2,2-4H3,(H,33,34). The van der Waals surface area contributed by atoms with E-state index >= 15 is 0 Å². The molecule has 0 aliphatic heterocycles. The molecule has 38 heavy (non-hydrogen) atoms. The van der Waals surface area contributed by atoms with Crippen molar-refractivity contribution < 1.29 is 36.6 Å². The molecule has 1 atom stereocenters. The van der Waals surface area contributed by atoms with Gasteiger partial charge in [0, 0.05) is 10.3 Å². The van der Waals surface area contributed by atoms with Gasteiger partial charge in [0.1, 0.15) is 24.2 Å². The zero-order chi connectivity index (χ0) is 28.1. The number of carbonyl (C=O) groups is 2. The van der Waals surface area contributed by atoms with Crippen molar-refractivity contribution >= 4 is 34.4 Å². The second-order valence-corrected chi connectivity index (χ2v) is 9.95. The van der Waals surface area contributed by atoms with Gasteiger partial charge in [0.25, 0.3) is 5.91 Å². The third kappa shape index (κ3) is 7.19. The van der Waals surface area contributed by atoms with Crippen LogP contribution < -0.4 is 10.1 Å². The Hall–Kier alpha value is -3.71. The molecule has 0 heterocycles. The van der Waals surface area contributed by atoms with E-state index in [0.717, 1.165) is 0 Å². The van der Waals surface area contributed by atoms with Crippen LogP contribution in [0.15, 0.2) is 59.5 Å². The molecular formula is C28H25F4NO4S. The van der Waals surface area contributed by atoms with Gasteiger partial charge >= 0.3 is 11.5 Å². The zero-order valence-electron chi connectivity index (χ0n) is 20.8. The maximum Gasteiger partial charge on any atom is 0.446 e. The van der Waals surface area contributed by atoms with Gasteiger partial charge in [0.2, 0.25) is 0 Å². The number of halogens is 4. The number of nitrogens with one attached hydrogen (secondary N) is 1. The highest BCUT2D eigenvalue weighted by Gasteiger charge is 2.37. The zero-order valence-corrected chi connectivity index (χ0v) is 21.6. The molecule has 0 bridgehead atoms. The number of esters is 1. The van der Waals surface area contributed by atoms with Crippen molar-refractivity contribution in [2.75, 3.05) is 6.61 Å². The Morgan fingerprint density at radius 3 is 2.37 bits per heavy atom. The van der Waals surface area contributed by atoms with E-state index < -0.39 is 34.7 Å². The quantitative estimate of drug-likeness (QED) is 0.144. The number of thioether (sulfide) groups is 1. The van der Waals surface area contributed by atoms with Gasteiger partial charge in [-0.2, -0.15) is 13.2 Å². The van der Waals surface area contributed by atoms with Gasteiger partial charge in [-0.25, -0.2) is 9.18 Å². The van der Waals surface area contributed by atoms with Crippen LogP contribution in [0.3, 0.4) is 0 Å². The van der Waals surface area contributed by atoms with Crippen LogP contribution in [-0.4, -0.2) is 30.0 Å². The first kappa shape index (κ1) is 28.9. The molecule has 0 aromatic heterocycles. The lowest BCUT2D eigenvalue weighted by Gasteiger charge is -2.28. The minimum atomic E-state index is -4.41. The molecule has 1 unspecified atom stereocenters. The summed E-state index contributed by atoms with van der Waals surface area (Å²) in [6, 6.07) is 11.3. The predicted octanol–water partition coefficient (Wildman–Crippen LogP) is 6.49.